The second-order valence-electron chi connectivity index (χ2n) is 4.72. The van der Waals surface area contributed by atoms with Crippen LogP contribution in [0.2, 0.25) is 0 Å². The molecule has 2 N–H and O–H groups in total. The standard InChI is InChI=1S/C15H17N3/c1-2-12-14-11(16)8-9-13(14)18-15(17-12)10-6-4-3-5-7-10/h3-7,11H,2,8-9,16H2,1H3. The van der Waals surface area contributed by atoms with Gasteiger partial charge in [-0.05, 0) is 19.3 Å². The SMILES string of the molecule is CCc1nc(-c2ccccc2)nc2c1C(N)CC2. The van der Waals surface area contributed by atoms with Gasteiger partial charge in [0.15, 0.2) is 5.82 Å². The Morgan fingerprint density at radius 3 is 2.72 bits per heavy atom. The van der Waals surface area contributed by atoms with E-state index in [1.165, 1.54) is 5.56 Å². The van der Waals surface area contributed by atoms with Gasteiger partial charge in [0.25, 0.3) is 0 Å². The van der Waals surface area contributed by atoms with E-state index in [2.05, 4.69) is 19.1 Å². The minimum Gasteiger partial charge on any atom is -0.324 e. The number of hydrogen-bond acceptors (Lipinski definition) is 3. The van der Waals surface area contributed by atoms with Crippen LogP contribution in [0.15, 0.2) is 30.3 Å². The Balaban J connectivity index is 2.14. The summed E-state index contributed by atoms with van der Waals surface area (Å²) in [5.41, 5.74) is 10.7. The number of aromatic nitrogens is 2. The van der Waals surface area contributed by atoms with Gasteiger partial charge in [0.05, 0.1) is 0 Å². The Bertz CT molecular complexity index is 563. The maximum atomic E-state index is 6.13. The van der Waals surface area contributed by atoms with Gasteiger partial charge in [-0.3, -0.25) is 0 Å². The van der Waals surface area contributed by atoms with Crippen molar-refractivity contribution < 1.29 is 0 Å². The van der Waals surface area contributed by atoms with Gasteiger partial charge in [-0.1, -0.05) is 37.3 Å². The summed E-state index contributed by atoms with van der Waals surface area (Å²) in [5, 5.41) is 0. The summed E-state index contributed by atoms with van der Waals surface area (Å²) in [6.07, 6.45) is 2.89. The molecule has 1 aromatic heterocycles. The smallest absolute Gasteiger partial charge is 0.159 e. The molecule has 1 aliphatic carbocycles. The van der Waals surface area contributed by atoms with Crippen molar-refractivity contribution in [1.29, 1.82) is 0 Å². The van der Waals surface area contributed by atoms with Crippen molar-refractivity contribution in [3.63, 3.8) is 0 Å². The van der Waals surface area contributed by atoms with Crippen molar-refractivity contribution in [3.8, 4) is 11.4 Å². The average molecular weight is 239 g/mol. The fraction of sp³-hybridized carbons (Fsp3) is 0.333. The summed E-state index contributed by atoms with van der Waals surface area (Å²) in [4.78, 5) is 9.38. The van der Waals surface area contributed by atoms with E-state index in [9.17, 15) is 0 Å². The van der Waals surface area contributed by atoms with Crippen LogP contribution in [0.25, 0.3) is 11.4 Å². The van der Waals surface area contributed by atoms with Gasteiger partial charge in [0.2, 0.25) is 0 Å². The van der Waals surface area contributed by atoms with E-state index in [1.807, 2.05) is 18.2 Å². The first-order valence-corrected chi connectivity index (χ1v) is 6.50. The Hall–Kier alpha value is -1.74. The highest BCUT2D eigenvalue weighted by Gasteiger charge is 2.25. The Labute approximate surface area is 107 Å². The molecule has 92 valence electrons. The second kappa shape index (κ2) is 4.50. The molecule has 0 spiro atoms. The topological polar surface area (TPSA) is 51.8 Å². The first-order chi connectivity index (χ1) is 8.79. The van der Waals surface area contributed by atoms with E-state index >= 15 is 0 Å². The number of fused-ring (bicyclic) bond motifs is 1. The average Bonchev–Trinajstić information content (AvgIpc) is 2.81. The van der Waals surface area contributed by atoms with Gasteiger partial charge in [0.1, 0.15) is 0 Å². The quantitative estimate of drug-likeness (QED) is 0.876. The van der Waals surface area contributed by atoms with Crippen LogP contribution in [0, 0.1) is 0 Å². The van der Waals surface area contributed by atoms with Crippen LogP contribution in [-0.4, -0.2) is 9.97 Å². The van der Waals surface area contributed by atoms with Gasteiger partial charge < -0.3 is 5.73 Å². The van der Waals surface area contributed by atoms with Gasteiger partial charge in [-0.15, -0.1) is 0 Å². The first-order valence-electron chi connectivity index (χ1n) is 6.50. The molecule has 0 amide bonds. The minimum absolute atomic E-state index is 0.125. The van der Waals surface area contributed by atoms with Gasteiger partial charge in [-0.25, -0.2) is 9.97 Å². The summed E-state index contributed by atoms with van der Waals surface area (Å²) < 4.78 is 0. The van der Waals surface area contributed by atoms with Crippen LogP contribution in [-0.2, 0) is 12.8 Å². The highest BCUT2D eigenvalue weighted by Crippen LogP contribution is 2.32. The minimum atomic E-state index is 0.125. The molecule has 1 heterocycles. The molecule has 0 fully saturated rings. The molecular weight excluding hydrogens is 222 g/mol. The van der Waals surface area contributed by atoms with Crippen LogP contribution in [0.5, 0.6) is 0 Å². The lowest BCUT2D eigenvalue weighted by atomic mass is 10.1. The molecule has 3 nitrogen and oxygen atoms in total. The number of nitrogens with two attached hydrogens (primary N) is 1. The first kappa shape index (κ1) is 11.4. The van der Waals surface area contributed by atoms with E-state index in [-0.39, 0.29) is 6.04 Å². The molecule has 0 radical (unpaired) electrons. The summed E-state index contributed by atoms with van der Waals surface area (Å²) in [5.74, 6) is 0.834. The Kier molecular flexibility index (Phi) is 2.84. The number of benzene rings is 1. The van der Waals surface area contributed by atoms with Crippen molar-refractivity contribution in [1.82, 2.24) is 9.97 Å². The van der Waals surface area contributed by atoms with Crippen LogP contribution >= 0.6 is 0 Å². The number of rotatable bonds is 2. The third-order valence-electron chi connectivity index (χ3n) is 3.53. The molecule has 3 rings (SSSR count). The maximum Gasteiger partial charge on any atom is 0.159 e. The van der Waals surface area contributed by atoms with E-state index in [0.29, 0.717) is 0 Å². The van der Waals surface area contributed by atoms with Gasteiger partial charge in [-0.2, -0.15) is 0 Å². The second-order valence-corrected chi connectivity index (χ2v) is 4.72. The van der Waals surface area contributed by atoms with Crippen LogP contribution < -0.4 is 5.73 Å². The van der Waals surface area contributed by atoms with Crippen molar-refractivity contribution >= 4 is 0 Å². The summed E-state index contributed by atoms with van der Waals surface area (Å²) in [7, 11) is 0. The summed E-state index contributed by atoms with van der Waals surface area (Å²) in [6, 6.07) is 10.3. The molecular formula is C15H17N3. The molecule has 18 heavy (non-hydrogen) atoms. The molecule has 3 heteroatoms. The summed E-state index contributed by atoms with van der Waals surface area (Å²) >= 11 is 0. The van der Waals surface area contributed by atoms with Gasteiger partial charge in [0, 0.05) is 28.6 Å². The lowest BCUT2D eigenvalue weighted by molar-refractivity contribution is 0.704. The third kappa shape index (κ3) is 1.81. The predicted octanol–water partition coefficient (Wildman–Crippen LogP) is 2.65. The molecule has 1 aliphatic rings. The van der Waals surface area contributed by atoms with Crippen LogP contribution in [0.3, 0.4) is 0 Å². The van der Waals surface area contributed by atoms with Crippen molar-refractivity contribution in [2.24, 2.45) is 5.73 Å². The number of nitrogens with zero attached hydrogens (tertiary/aromatic N) is 2. The molecule has 1 unspecified atom stereocenters. The normalized spacial score (nSPS) is 17.8. The molecule has 1 aromatic carbocycles. The Morgan fingerprint density at radius 1 is 1.22 bits per heavy atom. The van der Waals surface area contributed by atoms with E-state index in [0.717, 1.165) is 42.0 Å². The maximum absolute atomic E-state index is 6.13. The lowest BCUT2D eigenvalue weighted by Gasteiger charge is -2.11. The number of hydrogen-bond donors (Lipinski definition) is 1. The predicted molar refractivity (Wildman–Crippen MR) is 72.1 cm³/mol. The molecule has 0 saturated carbocycles. The van der Waals surface area contributed by atoms with Crippen LogP contribution in [0.1, 0.15) is 36.3 Å². The molecule has 0 aliphatic heterocycles. The highest BCUT2D eigenvalue weighted by molar-refractivity contribution is 5.56. The number of aryl methyl sites for hydroxylation is 2. The Morgan fingerprint density at radius 2 is 2.00 bits per heavy atom. The van der Waals surface area contributed by atoms with Gasteiger partial charge >= 0.3 is 0 Å². The molecule has 1 atom stereocenters. The zero-order valence-electron chi connectivity index (χ0n) is 10.6. The summed E-state index contributed by atoms with van der Waals surface area (Å²) in [6.45, 7) is 2.13. The lowest BCUT2D eigenvalue weighted by Crippen LogP contribution is -2.11. The molecule has 2 aromatic rings. The van der Waals surface area contributed by atoms with E-state index in [4.69, 9.17) is 15.7 Å². The fourth-order valence-corrected chi connectivity index (χ4v) is 2.61. The zero-order valence-corrected chi connectivity index (χ0v) is 10.6. The molecule has 0 saturated heterocycles. The van der Waals surface area contributed by atoms with Crippen molar-refractivity contribution in [2.45, 2.75) is 32.2 Å². The monoisotopic (exact) mass is 239 g/mol. The van der Waals surface area contributed by atoms with Crippen molar-refractivity contribution in [2.75, 3.05) is 0 Å². The van der Waals surface area contributed by atoms with E-state index < -0.39 is 0 Å². The largest absolute Gasteiger partial charge is 0.324 e. The zero-order chi connectivity index (χ0) is 12.5. The highest BCUT2D eigenvalue weighted by atomic mass is 14.9. The van der Waals surface area contributed by atoms with E-state index in [1.54, 1.807) is 0 Å². The van der Waals surface area contributed by atoms with Crippen LogP contribution in [0.4, 0.5) is 0 Å². The van der Waals surface area contributed by atoms with Crippen molar-refractivity contribution in [3.05, 3.63) is 47.3 Å². The molecule has 0 bridgehead atoms. The third-order valence-corrected chi connectivity index (χ3v) is 3.53. The fourth-order valence-electron chi connectivity index (χ4n) is 2.61.